The lowest BCUT2D eigenvalue weighted by Crippen LogP contribution is -2.44. The van der Waals surface area contributed by atoms with Crippen molar-refractivity contribution in [2.75, 3.05) is 19.7 Å². The van der Waals surface area contributed by atoms with Crippen molar-refractivity contribution in [2.45, 2.75) is 19.1 Å². The van der Waals surface area contributed by atoms with Crippen LogP contribution < -0.4 is 0 Å². The zero-order valence-corrected chi connectivity index (χ0v) is 14.7. The number of carbonyl (C=O) groups excluding carboxylic acids is 1. The Balaban J connectivity index is 1.75. The number of ether oxygens (including phenoxy) is 1. The van der Waals surface area contributed by atoms with Gasteiger partial charge in [-0.05, 0) is 29.7 Å². The highest BCUT2D eigenvalue weighted by Gasteiger charge is 2.30. The minimum absolute atomic E-state index is 0.162. The lowest BCUT2D eigenvalue weighted by Gasteiger charge is -2.34. The Morgan fingerprint density at radius 2 is 2.15 bits per heavy atom. The molecule has 1 heterocycles. The predicted octanol–water partition coefficient (Wildman–Crippen LogP) is 2.68. The summed E-state index contributed by atoms with van der Waals surface area (Å²) in [6.07, 6.45) is -1.93. The van der Waals surface area contributed by atoms with Gasteiger partial charge in [0, 0.05) is 18.7 Å². The SMILES string of the molecule is Cc1cc(C2CN(C(=O)C(O)c3cccc([N+](=O)[O-])c3)CCO2)ccc1F. The number of amides is 1. The second-order valence-electron chi connectivity index (χ2n) is 6.41. The summed E-state index contributed by atoms with van der Waals surface area (Å²) in [4.78, 5) is 24.4. The molecular weight excluding hydrogens is 355 g/mol. The van der Waals surface area contributed by atoms with E-state index in [0.29, 0.717) is 12.1 Å². The van der Waals surface area contributed by atoms with Crippen LogP contribution in [0.3, 0.4) is 0 Å². The molecule has 2 aromatic rings. The van der Waals surface area contributed by atoms with Crippen LogP contribution in [0.1, 0.15) is 28.9 Å². The van der Waals surface area contributed by atoms with E-state index in [4.69, 9.17) is 4.74 Å². The van der Waals surface area contributed by atoms with Crippen molar-refractivity contribution in [3.8, 4) is 0 Å². The molecule has 142 valence electrons. The molecule has 1 amide bonds. The third-order valence-electron chi connectivity index (χ3n) is 4.56. The Kier molecular flexibility index (Phi) is 5.48. The number of rotatable bonds is 4. The van der Waals surface area contributed by atoms with Crippen LogP contribution in [0.4, 0.5) is 10.1 Å². The Labute approximate surface area is 155 Å². The first-order valence-electron chi connectivity index (χ1n) is 8.45. The molecule has 2 unspecified atom stereocenters. The average molecular weight is 374 g/mol. The molecule has 7 nitrogen and oxygen atoms in total. The number of aliphatic hydroxyl groups is 1. The lowest BCUT2D eigenvalue weighted by atomic mass is 10.0. The smallest absolute Gasteiger partial charge is 0.269 e. The molecule has 1 N–H and O–H groups in total. The monoisotopic (exact) mass is 374 g/mol. The van der Waals surface area contributed by atoms with E-state index in [2.05, 4.69) is 0 Å². The van der Waals surface area contributed by atoms with Gasteiger partial charge in [0.2, 0.25) is 0 Å². The molecular formula is C19H19FN2O5. The summed E-state index contributed by atoms with van der Waals surface area (Å²) in [6, 6.07) is 10.0. The minimum Gasteiger partial charge on any atom is -0.378 e. The summed E-state index contributed by atoms with van der Waals surface area (Å²) in [5, 5.41) is 21.3. The van der Waals surface area contributed by atoms with Crippen molar-refractivity contribution < 1.29 is 24.0 Å². The molecule has 0 spiro atoms. The molecule has 2 atom stereocenters. The van der Waals surface area contributed by atoms with Crippen molar-refractivity contribution in [1.82, 2.24) is 4.90 Å². The molecule has 8 heteroatoms. The molecule has 0 radical (unpaired) electrons. The molecule has 1 saturated heterocycles. The maximum atomic E-state index is 13.5. The normalized spacial score (nSPS) is 18.2. The van der Waals surface area contributed by atoms with Crippen LogP contribution in [0, 0.1) is 22.9 Å². The van der Waals surface area contributed by atoms with Crippen molar-refractivity contribution in [3.05, 3.63) is 75.1 Å². The highest BCUT2D eigenvalue weighted by atomic mass is 19.1. The van der Waals surface area contributed by atoms with E-state index in [0.717, 1.165) is 5.56 Å². The average Bonchev–Trinajstić information content (AvgIpc) is 2.69. The van der Waals surface area contributed by atoms with E-state index < -0.39 is 23.0 Å². The number of hydrogen-bond acceptors (Lipinski definition) is 5. The van der Waals surface area contributed by atoms with Crippen molar-refractivity contribution in [1.29, 1.82) is 0 Å². The molecule has 0 aliphatic carbocycles. The van der Waals surface area contributed by atoms with Crippen LogP contribution in [0.5, 0.6) is 0 Å². The van der Waals surface area contributed by atoms with Crippen LogP contribution in [0.15, 0.2) is 42.5 Å². The number of non-ortho nitro benzene ring substituents is 1. The largest absolute Gasteiger partial charge is 0.378 e. The van der Waals surface area contributed by atoms with Crippen molar-refractivity contribution >= 4 is 11.6 Å². The quantitative estimate of drug-likeness (QED) is 0.656. The summed E-state index contributed by atoms with van der Waals surface area (Å²) >= 11 is 0. The molecule has 2 aromatic carbocycles. The minimum atomic E-state index is -1.50. The first-order valence-corrected chi connectivity index (χ1v) is 8.45. The van der Waals surface area contributed by atoms with Gasteiger partial charge in [-0.1, -0.05) is 24.3 Å². The number of nitro benzene ring substituents is 1. The fraction of sp³-hybridized carbons (Fsp3) is 0.316. The van der Waals surface area contributed by atoms with Crippen LogP contribution in [-0.4, -0.2) is 40.5 Å². The summed E-state index contributed by atoms with van der Waals surface area (Å²) in [5.74, 6) is -0.869. The number of hydrogen-bond donors (Lipinski definition) is 1. The lowest BCUT2D eigenvalue weighted by molar-refractivity contribution is -0.385. The number of carbonyl (C=O) groups is 1. The predicted molar refractivity (Wildman–Crippen MR) is 94.5 cm³/mol. The van der Waals surface area contributed by atoms with E-state index in [1.807, 2.05) is 0 Å². The molecule has 1 aliphatic rings. The Bertz CT molecular complexity index is 873. The number of aryl methyl sites for hydroxylation is 1. The van der Waals surface area contributed by atoms with E-state index in [1.54, 1.807) is 19.1 Å². The second kappa shape index (κ2) is 7.81. The molecule has 0 saturated carbocycles. The van der Waals surface area contributed by atoms with Gasteiger partial charge in [-0.2, -0.15) is 0 Å². The van der Waals surface area contributed by atoms with Gasteiger partial charge < -0.3 is 14.7 Å². The van der Waals surface area contributed by atoms with Crippen LogP contribution in [0.2, 0.25) is 0 Å². The molecule has 0 bridgehead atoms. The zero-order chi connectivity index (χ0) is 19.6. The highest BCUT2D eigenvalue weighted by molar-refractivity contribution is 5.82. The van der Waals surface area contributed by atoms with E-state index in [-0.39, 0.29) is 30.2 Å². The van der Waals surface area contributed by atoms with E-state index >= 15 is 0 Å². The van der Waals surface area contributed by atoms with Crippen LogP contribution in [0.25, 0.3) is 0 Å². The van der Waals surface area contributed by atoms with Gasteiger partial charge in [0.25, 0.3) is 11.6 Å². The standard InChI is InChI=1S/C19H19FN2O5/c1-12-9-13(5-6-16(12)20)17-11-21(7-8-27-17)19(24)18(23)14-3-2-4-15(10-14)22(25)26/h2-6,9-10,17-18,23H,7-8,11H2,1H3. The molecule has 3 rings (SSSR count). The Morgan fingerprint density at radius 3 is 2.85 bits per heavy atom. The number of nitro groups is 1. The Morgan fingerprint density at radius 1 is 1.37 bits per heavy atom. The van der Waals surface area contributed by atoms with E-state index in [1.165, 1.54) is 35.2 Å². The van der Waals surface area contributed by atoms with Gasteiger partial charge in [-0.25, -0.2) is 4.39 Å². The van der Waals surface area contributed by atoms with Gasteiger partial charge >= 0.3 is 0 Å². The van der Waals surface area contributed by atoms with Gasteiger partial charge in [0.1, 0.15) is 11.9 Å². The summed E-state index contributed by atoms with van der Waals surface area (Å²) in [7, 11) is 0. The van der Waals surface area contributed by atoms with Gasteiger partial charge in [0.15, 0.2) is 6.10 Å². The van der Waals surface area contributed by atoms with Crippen LogP contribution in [-0.2, 0) is 9.53 Å². The third-order valence-corrected chi connectivity index (χ3v) is 4.56. The van der Waals surface area contributed by atoms with Gasteiger partial charge in [-0.3, -0.25) is 14.9 Å². The van der Waals surface area contributed by atoms with Crippen molar-refractivity contribution in [3.63, 3.8) is 0 Å². The molecule has 0 aromatic heterocycles. The fourth-order valence-electron chi connectivity index (χ4n) is 3.04. The number of morpholine rings is 1. The fourth-order valence-corrected chi connectivity index (χ4v) is 3.04. The molecule has 27 heavy (non-hydrogen) atoms. The summed E-state index contributed by atoms with van der Waals surface area (Å²) in [6.45, 7) is 2.42. The maximum absolute atomic E-state index is 13.5. The third kappa shape index (κ3) is 4.12. The van der Waals surface area contributed by atoms with Gasteiger partial charge in [0.05, 0.1) is 18.1 Å². The number of nitrogens with zero attached hydrogens (tertiary/aromatic N) is 2. The number of benzene rings is 2. The summed E-state index contributed by atoms with van der Waals surface area (Å²) < 4.78 is 19.2. The Hall–Kier alpha value is -2.84. The number of aliphatic hydroxyl groups excluding tert-OH is 1. The van der Waals surface area contributed by atoms with E-state index in [9.17, 15) is 24.4 Å². The van der Waals surface area contributed by atoms with Gasteiger partial charge in [-0.15, -0.1) is 0 Å². The molecule has 1 fully saturated rings. The summed E-state index contributed by atoms with van der Waals surface area (Å²) in [5.41, 5.74) is 1.20. The van der Waals surface area contributed by atoms with Crippen molar-refractivity contribution in [2.24, 2.45) is 0 Å². The van der Waals surface area contributed by atoms with Crippen LogP contribution >= 0.6 is 0 Å². The highest BCUT2D eigenvalue weighted by Crippen LogP contribution is 2.27. The first-order chi connectivity index (χ1) is 12.9. The maximum Gasteiger partial charge on any atom is 0.269 e. The zero-order valence-electron chi connectivity index (χ0n) is 14.7. The topological polar surface area (TPSA) is 92.9 Å². The second-order valence-corrected chi connectivity index (χ2v) is 6.41. The number of halogens is 1. The first kappa shape index (κ1) is 18.9. The molecule has 1 aliphatic heterocycles.